The van der Waals surface area contributed by atoms with Gasteiger partial charge in [0, 0.05) is 25.3 Å². The van der Waals surface area contributed by atoms with E-state index in [1.807, 2.05) is 65.7 Å². The average molecular weight is 475 g/mol. The molecule has 2 heterocycles. The summed E-state index contributed by atoms with van der Waals surface area (Å²) >= 11 is 0. The van der Waals surface area contributed by atoms with E-state index >= 15 is 0 Å². The quantitative estimate of drug-likeness (QED) is 0.288. The van der Waals surface area contributed by atoms with Crippen molar-refractivity contribution in [1.29, 1.82) is 5.26 Å². The summed E-state index contributed by atoms with van der Waals surface area (Å²) in [4.78, 5) is 33.8. The van der Waals surface area contributed by atoms with Crippen LogP contribution in [0.5, 0.6) is 11.5 Å². The molecule has 2 saturated heterocycles. The van der Waals surface area contributed by atoms with Crippen molar-refractivity contribution in [3.05, 3.63) is 54.6 Å². The molecule has 0 bridgehead atoms. The van der Waals surface area contributed by atoms with Gasteiger partial charge in [-0.15, -0.1) is 0 Å². The zero-order valence-electron chi connectivity index (χ0n) is 19.7. The highest BCUT2D eigenvalue weighted by atomic mass is 16.5. The van der Waals surface area contributed by atoms with Crippen molar-refractivity contribution in [3.8, 4) is 17.7 Å². The molecule has 9 nitrogen and oxygen atoms in total. The highest BCUT2D eigenvalue weighted by Crippen LogP contribution is 2.23. The Morgan fingerprint density at radius 1 is 1.00 bits per heavy atom. The first-order valence-electron chi connectivity index (χ1n) is 12.0. The van der Waals surface area contributed by atoms with E-state index in [1.54, 1.807) is 4.90 Å². The number of ether oxygens (including phenoxy) is 1. The number of carbonyl (C=O) groups excluding carboxylic acids is 2. The Kier molecular flexibility index (Phi) is 8.17. The molecule has 182 valence electrons. The normalized spacial score (nSPS) is 18.5. The molecule has 0 aromatic heterocycles. The van der Waals surface area contributed by atoms with Crippen molar-refractivity contribution >= 4 is 23.5 Å². The lowest BCUT2D eigenvalue weighted by atomic mass is 10.1. The maximum Gasteiger partial charge on any atom is 0.247 e. The zero-order valence-corrected chi connectivity index (χ0v) is 19.7. The van der Waals surface area contributed by atoms with E-state index in [0.717, 1.165) is 44.5 Å². The van der Waals surface area contributed by atoms with Gasteiger partial charge in [0.15, 0.2) is 6.19 Å². The summed E-state index contributed by atoms with van der Waals surface area (Å²) in [6.07, 6.45) is 6.11. The number of likely N-dealkylation sites (tertiary alicyclic amines) is 2. The second-order valence-electron chi connectivity index (χ2n) is 8.64. The number of nitriles is 1. The minimum absolute atomic E-state index is 0.00760. The summed E-state index contributed by atoms with van der Waals surface area (Å²) in [5.74, 6) is 1.41. The van der Waals surface area contributed by atoms with Crippen LogP contribution in [0.25, 0.3) is 0 Å². The van der Waals surface area contributed by atoms with Gasteiger partial charge in [0.1, 0.15) is 17.5 Å². The summed E-state index contributed by atoms with van der Waals surface area (Å²) in [7, 11) is 0. The number of aliphatic imine (C=N–C) groups is 1. The van der Waals surface area contributed by atoms with Crippen molar-refractivity contribution in [2.75, 3.05) is 31.5 Å². The second-order valence-corrected chi connectivity index (χ2v) is 8.64. The molecule has 35 heavy (non-hydrogen) atoms. The number of carbonyl (C=O) groups is 2. The highest BCUT2D eigenvalue weighted by molar-refractivity contribution is 5.97. The number of nitrogens with zero attached hydrogens (tertiary/aromatic N) is 4. The van der Waals surface area contributed by atoms with Crippen LogP contribution >= 0.6 is 0 Å². The van der Waals surface area contributed by atoms with Crippen molar-refractivity contribution in [3.63, 3.8) is 0 Å². The van der Waals surface area contributed by atoms with Crippen LogP contribution in [0.4, 0.5) is 5.69 Å². The van der Waals surface area contributed by atoms with E-state index in [0.29, 0.717) is 24.4 Å². The van der Waals surface area contributed by atoms with Gasteiger partial charge in [0.25, 0.3) is 0 Å². The molecule has 2 N–H and O–H groups in total. The van der Waals surface area contributed by atoms with Crippen molar-refractivity contribution in [2.45, 2.75) is 38.1 Å². The standard InChI is InChI=1S/C26H30N6O3/c27-19-28-26(29-20-11-13-22(14-12-20)35-21-8-2-1-3-9-21)30-23-10-4-5-17-32(25(23)34)18-24(33)31-15-6-7-16-31/h1-3,8-9,11-14,23H,4-7,10,15-18H2,(H2,28,29,30). The van der Waals surface area contributed by atoms with E-state index in [-0.39, 0.29) is 24.3 Å². The number of guanidine groups is 1. The van der Waals surface area contributed by atoms with Crippen LogP contribution < -0.4 is 15.4 Å². The molecule has 2 aliphatic heterocycles. The lowest BCUT2D eigenvalue weighted by Gasteiger charge is -2.25. The second kappa shape index (κ2) is 11.9. The van der Waals surface area contributed by atoms with Gasteiger partial charge in [-0.3, -0.25) is 14.9 Å². The van der Waals surface area contributed by atoms with Gasteiger partial charge < -0.3 is 19.9 Å². The Morgan fingerprint density at radius 2 is 1.69 bits per heavy atom. The topological polar surface area (TPSA) is 110 Å². The monoisotopic (exact) mass is 474 g/mol. The molecule has 0 saturated carbocycles. The summed E-state index contributed by atoms with van der Waals surface area (Å²) in [5.41, 5.74) is 0.689. The maximum absolute atomic E-state index is 13.2. The minimum atomic E-state index is -0.659. The van der Waals surface area contributed by atoms with E-state index < -0.39 is 6.04 Å². The molecule has 9 heteroatoms. The molecular weight excluding hydrogens is 444 g/mol. The first kappa shape index (κ1) is 24.1. The predicted octanol–water partition coefficient (Wildman–Crippen LogP) is 3.32. The number of nitrogens with one attached hydrogen (secondary N) is 2. The van der Waals surface area contributed by atoms with Crippen LogP contribution in [0.3, 0.4) is 0 Å². The summed E-state index contributed by atoms with van der Waals surface area (Å²) in [6.45, 7) is 2.15. The van der Waals surface area contributed by atoms with Gasteiger partial charge >= 0.3 is 0 Å². The number of rotatable bonds is 6. The van der Waals surface area contributed by atoms with E-state index in [1.165, 1.54) is 0 Å². The van der Waals surface area contributed by atoms with Gasteiger partial charge in [-0.25, -0.2) is 4.99 Å². The predicted molar refractivity (Wildman–Crippen MR) is 133 cm³/mol. The van der Waals surface area contributed by atoms with Crippen molar-refractivity contribution in [2.24, 2.45) is 4.99 Å². The molecule has 1 unspecified atom stereocenters. The first-order chi connectivity index (χ1) is 17.1. The molecule has 2 aromatic carbocycles. The fourth-order valence-electron chi connectivity index (χ4n) is 4.26. The third kappa shape index (κ3) is 6.73. The molecular formula is C26H30N6O3. The average Bonchev–Trinajstić information content (AvgIpc) is 3.36. The fourth-order valence-corrected chi connectivity index (χ4v) is 4.26. The van der Waals surface area contributed by atoms with Crippen LogP contribution in [0.1, 0.15) is 32.1 Å². The van der Waals surface area contributed by atoms with Crippen LogP contribution in [0.15, 0.2) is 59.6 Å². The number of para-hydroxylation sites is 1. The number of amides is 2. The number of anilines is 1. The molecule has 0 spiro atoms. The summed E-state index contributed by atoms with van der Waals surface area (Å²) < 4.78 is 5.81. The highest BCUT2D eigenvalue weighted by Gasteiger charge is 2.30. The largest absolute Gasteiger partial charge is 0.457 e. The number of hydrogen-bond acceptors (Lipinski definition) is 5. The van der Waals surface area contributed by atoms with Gasteiger partial charge in [-0.05, 0) is 68.5 Å². The SMILES string of the molecule is N#CNC(=NC1CCCCN(CC(=O)N2CCCC2)C1=O)Nc1ccc(Oc2ccccc2)cc1. The lowest BCUT2D eigenvalue weighted by Crippen LogP contribution is -2.45. The molecule has 2 fully saturated rings. The van der Waals surface area contributed by atoms with Gasteiger partial charge in [-0.1, -0.05) is 18.2 Å². The number of hydrogen-bond donors (Lipinski definition) is 2. The molecule has 2 amide bonds. The molecule has 2 aromatic rings. The van der Waals surface area contributed by atoms with Crippen molar-refractivity contribution < 1.29 is 14.3 Å². The first-order valence-corrected chi connectivity index (χ1v) is 12.0. The fraction of sp³-hybridized carbons (Fsp3) is 0.385. The molecule has 0 radical (unpaired) electrons. The molecule has 2 aliphatic rings. The van der Waals surface area contributed by atoms with Crippen LogP contribution in [0, 0.1) is 11.5 Å². The maximum atomic E-state index is 13.2. The van der Waals surface area contributed by atoms with E-state index in [4.69, 9.17) is 4.74 Å². The lowest BCUT2D eigenvalue weighted by molar-refractivity contribution is -0.140. The van der Waals surface area contributed by atoms with Crippen LogP contribution in [-0.2, 0) is 9.59 Å². The Hall–Kier alpha value is -4.06. The third-order valence-corrected chi connectivity index (χ3v) is 6.09. The molecule has 4 rings (SSSR count). The Balaban J connectivity index is 1.42. The van der Waals surface area contributed by atoms with Crippen LogP contribution in [-0.4, -0.2) is 59.8 Å². The van der Waals surface area contributed by atoms with Gasteiger partial charge in [0.2, 0.25) is 17.8 Å². The molecule has 1 atom stereocenters. The Bertz CT molecular complexity index is 1070. The third-order valence-electron chi connectivity index (χ3n) is 6.09. The number of benzene rings is 2. The summed E-state index contributed by atoms with van der Waals surface area (Å²) in [5, 5.41) is 14.8. The zero-order chi connectivity index (χ0) is 24.5. The van der Waals surface area contributed by atoms with E-state index in [2.05, 4.69) is 15.6 Å². The Morgan fingerprint density at radius 3 is 2.40 bits per heavy atom. The minimum Gasteiger partial charge on any atom is -0.457 e. The van der Waals surface area contributed by atoms with Crippen LogP contribution in [0.2, 0.25) is 0 Å². The Labute approximate surface area is 205 Å². The summed E-state index contributed by atoms with van der Waals surface area (Å²) in [6, 6.07) is 16.0. The van der Waals surface area contributed by atoms with Gasteiger partial charge in [-0.2, -0.15) is 5.26 Å². The van der Waals surface area contributed by atoms with Crippen molar-refractivity contribution in [1.82, 2.24) is 15.1 Å². The van der Waals surface area contributed by atoms with Gasteiger partial charge in [0.05, 0.1) is 6.54 Å². The smallest absolute Gasteiger partial charge is 0.247 e. The van der Waals surface area contributed by atoms with E-state index in [9.17, 15) is 14.9 Å². The molecule has 0 aliphatic carbocycles.